The van der Waals surface area contributed by atoms with Crippen LogP contribution >= 0.6 is 27.3 Å². The average Bonchev–Trinajstić information content (AvgIpc) is 3.33. The molecule has 4 rings (SSSR count). The summed E-state index contributed by atoms with van der Waals surface area (Å²) < 4.78 is 2.54. The number of fused-ring (bicyclic) bond motifs is 1. The Morgan fingerprint density at radius 3 is 3.00 bits per heavy atom. The molecule has 0 saturated carbocycles. The number of aromatic nitrogens is 3. The molecular formula is C20H20BrN5O2S. The van der Waals surface area contributed by atoms with E-state index in [0.29, 0.717) is 12.2 Å². The highest BCUT2D eigenvalue weighted by Gasteiger charge is 2.22. The Morgan fingerprint density at radius 1 is 1.31 bits per heavy atom. The third-order valence-electron chi connectivity index (χ3n) is 4.95. The normalized spacial score (nSPS) is 13.2. The van der Waals surface area contributed by atoms with Gasteiger partial charge in [0.05, 0.1) is 11.4 Å². The number of nitrogens with zero attached hydrogens (tertiary/aromatic N) is 4. The predicted molar refractivity (Wildman–Crippen MR) is 114 cm³/mol. The molecule has 0 spiro atoms. The van der Waals surface area contributed by atoms with Gasteiger partial charge in [0.25, 0.3) is 5.91 Å². The first-order valence-corrected chi connectivity index (χ1v) is 11.0. The predicted octanol–water partition coefficient (Wildman–Crippen LogP) is 3.10. The van der Waals surface area contributed by atoms with Crippen LogP contribution in [0.25, 0.3) is 5.69 Å². The second-order valence-electron chi connectivity index (χ2n) is 6.86. The van der Waals surface area contributed by atoms with Crippen molar-refractivity contribution in [3.05, 3.63) is 62.0 Å². The van der Waals surface area contributed by atoms with Crippen LogP contribution in [0.4, 0.5) is 0 Å². The fraction of sp³-hybridized carbons (Fsp3) is 0.300. The average molecular weight is 474 g/mol. The van der Waals surface area contributed by atoms with E-state index >= 15 is 0 Å². The largest absolute Gasteiger partial charge is 0.350 e. The van der Waals surface area contributed by atoms with Gasteiger partial charge in [-0.1, -0.05) is 27.2 Å². The number of thiophene rings is 1. The second kappa shape index (κ2) is 8.46. The molecule has 1 aliphatic rings. The minimum Gasteiger partial charge on any atom is -0.350 e. The lowest BCUT2D eigenvalue weighted by molar-refractivity contribution is -0.131. The van der Waals surface area contributed by atoms with Crippen LogP contribution in [0.2, 0.25) is 0 Å². The third-order valence-corrected chi connectivity index (χ3v) is 6.46. The number of benzene rings is 1. The standard InChI is InChI=1S/C20H20BrN5O2S/c1-13-19(23-24-26(13)16-4-2-3-15(21)11-16)20(28)22-8-5-18(27)25-9-6-17-14(12-25)7-10-29-17/h2-4,7,10-11H,5-6,8-9,12H2,1H3,(H,22,28). The Labute approximate surface area is 180 Å². The van der Waals surface area contributed by atoms with Crippen molar-refractivity contribution < 1.29 is 9.59 Å². The number of nitrogens with one attached hydrogen (secondary N) is 1. The number of halogens is 1. The van der Waals surface area contributed by atoms with Crippen LogP contribution in [-0.2, 0) is 17.8 Å². The summed E-state index contributed by atoms with van der Waals surface area (Å²) in [7, 11) is 0. The number of amides is 2. The Kier molecular flexibility index (Phi) is 5.77. The highest BCUT2D eigenvalue weighted by molar-refractivity contribution is 9.10. The molecule has 0 atom stereocenters. The van der Waals surface area contributed by atoms with Crippen molar-refractivity contribution in [2.45, 2.75) is 26.3 Å². The summed E-state index contributed by atoms with van der Waals surface area (Å²) in [6.45, 7) is 3.47. The molecule has 0 bridgehead atoms. The van der Waals surface area contributed by atoms with Crippen LogP contribution in [-0.4, -0.2) is 44.8 Å². The van der Waals surface area contributed by atoms with Gasteiger partial charge in [0.2, 0.25) is 5.91 Å². The number of hydrogen-bond acceptors (Lipinski definition) is 5. The highest BCUT2D eigenvalue weighted by atomic mass is 79.9. The molecule has 9 heteroatoms. The molecule has 1 aromatic carbocycles. The molecule has 1 aliphatic heterocycles. The number of carbonyl (C=O) groups is 2. The van der Waals surface area contributed by atoms with Gasteiger partial charge in [-0.05, 0) is 48.6 Å². The van der Waals surface area contributed by atoms with Gasteiger partial charge in [-0.3, -0.25) is 9.59 Å². The number of carbonyl (C=O) groups excluding carboxylic acids is 2. The zero-order valence-electron chi connectivity index (χ0n) is 15.9. The monoisotopic (exact) mass is 473 g/mol. The Hall–Kier alpha value is -2.52. The molecule has 0 radical (unpaired) electrons. The quantitative estimate of drug-likeness (QED) is 0.617. The molecule has 3 heterocycles. The van der Waals surface area contributed by atoms with Crippen molar-refractivity contribution in [2.24, 2.45) is 0 Å². The van der Waals surface area contributed by atoms with Gasteiger partial charge in [-0.15, -0.1) is 16.4 Å². The van der Waals surface area contributed by atoms with E-state index in [1.165, 1.54) is 10.4 Å². The highest BCUT2D eigenvalue weighted by Crippen LogP contribution is 2.24. The van der Waals surface area contributed by atoms with Gasteiger partial charge in [0.1, 0.15) is 0 Å². The lowest BCUT2D eigenvalue weighted by Gasteiger charge is -2.27. The molecule has 3 aromatic rings. The minimum absolute atomic E-state index is 0.0525. The lowest BCUT2D eigenvalue weighted by Crippen LogP contribution is -2.37. The van der Waals surface area contributed by atoms with E-state index in [9.17, 15) is 9.59 Å². The maximum Gasteiger partial charge on any atom is 0.273 e. The SMILES string of the molecule is Cc1c(C(=O)NCCC(=O)N2CCc3sccc3C2)nnn1-c1cccc(Br)c1. The summed E-state index contributed by atoms with van der Waals surface area (Å²) >= 11 is 5.18. The first-order chi connectivity index (χ1) is 14.0. The van der Waals surface area contributed by atoms with Crippen LogP contribution in [0, 0.1) is 6.92 Å². The topological polar surface area (TPSA) is 80.1 Å². The number of hydrogen-bond donors (Lipinski definition) is 1. The van der Waals surface area contributed by atoms with Crippen molar-refractivity contribution in [3.8, 4) is 5.69 Å². The van der Waals surface area contributed by atoms with Crippen molar-refractivity contribution in [2.75, 3.05) is 13.1 Å². The van der Waals surface area contributed by atoms with E-state index in [2.05, 4.69) is 43.0 Å². The van der Waals surface area contributed by atoms with Gasteiger partial charge in [-0.25, -0.2) is 4.68 Å². The van der Waals surface area contributed by atoms with Crippen molar-refractivity contribution in [3.63, 3.8) is 0 Å². The fourth-order valence-electron chi connectivity index (χ4n) is 3.38. The van der Waals surface area contributed by atoms with E-state index in [-0.39, 0.29) is 30.5 Å². The molecule has 0 aliphatic carbocycles. The van der Waals surface area contributed by atoms with Crippen molar-refractivity contribution in [1.29, 1.82) is 0 Å². The van der Waals surface area contributed by atoms with Gasteiger partial charge in [0.15, 0.2) is 5.69 Å². The minimum atomic E-state index is -0.324. The zero-order chi connectivity index (χ0) is 20.4. The van der Waals surface area contributed by atoms with E-state index in [4.69, 9.17) is 0 Å². The van der Waals surface area contributed by atoms with Crippen molar-refractivity contribution in [1.82, 2.24) is 25.2 Å². The Morgan fingerprint density at radius 2 is 2.17 bits per heavy atom. The number of rotatable bonds is 5. The van der Waals surface area contributed by atoms with E-state index in [1.807, 2.05) is 29.2 Å². The van der Waals surface area contributed by atoms with Crippen LogP contribution in [0.1, 0.15) is 33.0 Å². The molecule has 0 unspecified atom stereocenters. The molecule has 7 nitrogen and oxygen atoms in total. The molecule has 2 aromatic heterocycles. The first-order valence-electron chi connectivity index (χ1n) is 9.32. The van der Waals surface area contributed by atoms with E-state index in [0.717, 1.165) is 23.1 Å². The molecule has 2 amide bonds. The van der Waals surface area contributed by atoms with Crippen LogP contribution in [0.3, 0.4) is 0 Å². The summed E-state index contributed by atoms with van der Waals surface area (Å²) in [5.74, 6) is -0.271. The molecule has 0 saturated heterocycles. The van der Waals surface area contributed by atoms with Gasteiger partial charge in [-0.2, -0.15) is 0 Å². The summed E-state index contributed by atoms with van der Waals surface area (Å²) in [5, 5.41) is 13.0. The molecule has 29 heavy (non-hydrogen) atoms. The Bertz CT molecular complexity index is 1060. The van der Waals surface area contributed by atoms with Gasteiger partial charge < -0.3 is 10.2 Å². The van der Waals surface area contributed by atoms with E-state index in [1.54, 1.807) is 22.9 Å². The molecule has 0 fully saturated rings. The first kappa shape index (κ1) is 19.8. The van der Waals surface area contributed by atoms with Gasteiger partial charge >= 0.3 is 0 Å². The lowest BCUT2D eigenvalue weighted by atomic mass is 10.1. The molecular weight excluding hydrogens is 454 g/mol. The molecule has 1 N–H and O–H groups in total. The second-order valence-corrected chi connectivity index (χ2v) is 8.77. The maximum absolute atomic E-state index is 12.5. The van der Waals surface area contributed by atoms with Crippen LogP contribution in [0.15, 0.2) is 40.2 Å². The summed E-state index contributed by atoms with van der Waals surface area (Å²) in [5.41, 5.74) is 2.96. The smallest absolute Gasteiger partial charge is 0.273 e. The van der Waals surface area contributed by atoms with Crippen molar-refractivity contribution >= 4 is 39.1 Å². The maximum atomic E-state index is 12.5. The zero-order valence-corrected chi connectivity index (χ0v) is 18.3. The van der Waals surface area contributed by atoms with Crippen LogP contribution in [0.5, 0.6) is 0 Å². The van der Waals surface area contributed by atoms with Crippen LogP contribution < -0.4 is 5.32 Å². The fourth-order valence-corrected chi connectivity index (χ4v) is 4.66. The van der Waals surface area contributed by atoms with Gasteiger partial charge in [0, 0.05) is 35.4 Å². The summed E-state index contributed by atoms with van der Waals surface area (Å²) in [4.78, 5) is 28.2. The summed E-state index contributed by atoms with van der Waals surface area (Å²) in [6.07, 6.45) is 1.17. The summed E-state index contributed by atoms with van der Waals surface area (Å²) in [6, 6.07) is 9.69. The van der Waals surface area contributed by atoms with E-state index < -0.39 is 0 Å². The third kappa shape index (κ3) is 4.25. The molecule has 150 valence electrons. The Balaban J connectivity index is 1.33.